The van der Waals surface area contributed by atoms with Gasteiger partial charge in [0.05, 0.1) is 11.7 Å². The molecule has 8 heteroatoms. The number of aryl methyl sites for hydroxylation is 1. The van der Waals surface area contributed by atoms with Crippen molar-refractivity contribution >= 4 is 5.91 Å². The van der Waals surface area contributed by atoms with E-state index in [1.807, 2.05) is 0 Å². The molecule has 5 nitrogen and oxygen atoms in total. The molecule has 0 aromatic carbocycles. The zero-order valence-corrected chi connectivity index (χ0v) is 12.3. The fourth-order valence-corrected chi connectivity index (χ4v) is 2.09. The fraction of sp³-hybridized carbons (Fsp3) is 0.333. The van der Waals surface area contributed by atoms with Crippen LogP contribution >= 0.6 is 0 Å². The number of carbonyl (C=O) groups is 1. The Morgan fingerprint density at radius 3 is 2.65 bits per heavy atom. The lowest BCUT2D eigenvalue weighted by Gasteiger charge is -2.12. The maximum Gasteiger partial charge on any atom is 0.433 e. The van der Waals surface area contributed by atoms with Crippen LogP contribution < -0.4 is 5.32 Å². The molecule has 124 valence electrons. The SMILES string of the molecule is Cn1cccc1C(O)CCNC(=O)c1ccc(C(F)(F)F)nc1. The molecule has 0 aliphatic carbocycles. The van der Waals surface area contributed by atoms with Gasteiger partial charge in [-0.1, -0.05) is 0 Å². The van der Waals surface area contributed by atoms with Crippen LogP contribution in [0.2, 0.25) is 0 Å². The van der Waals surface area contributed by atoms with Gasteiger partial charge in [-0.3, -0.25) is 9.78 Å². The monoisotopic (exact) mass is 327 g/mol. The molecule has 0 saturated heterocycles. The number of halogens is 3. The number of amides is 1. The molecule has 2 rings (SSSR count). The first-order valence-electron chi connectivity index (χ1n) is 6.90. The zero-order valence-electron chi connectivity index (χ0n) is 12.3. The first-order chi connectivity index (χ1) is 10.8. The molecule has 0 saturated carbocycles. The van der Waals surface area contributed by atoms with Crippen molar-refractivity contribution in [2.45, 2.75) is 18.7 Å². The van der Waals surface area contributed by atoms with Crippen molar-refractivity contribution < 1.29 is 23.1 Å². The molecule has 1 amide bonds. The van der Waals surface area contributed by atoms with Gasteiger partial charge in [-0.25, -0.2) is 0 Å². The van der Waals surface area contributed by atoms with E-state index in [0.717, 1.165) is 24.0 Å². The van der Waals surface area contributed by atoms with Crippen molar-refractivity contribution in [2.75, 3.05) is 6.54 Å². The van der Waals surface area contributed by atoms with E-state index in [1.54, 1.807) is 29.9 Å². The van der Waals surface area contributed by atoms with Gasteiger partial charge in [0.2, 0.25) is 0 Å². The molecule has 0 radical (unpaired) electrons. The van der Waals surface area contributed by atoms with Crippen molar-refractivity contribution in [1.82, 2.24) is 14.9 Å². The minimum absolute atomic E-state index is 0.0337. The van der Waals surface area contributed by atoms with E-state index < -0.39 is 23.9 Å². The number of aliphatic hydroxyl groups excluding tert-OH is 1. The van der Waals surface area contributed by atoms with Crippen LogP contribution in [0.25, 0.3) is 0 Å². The summed E-state index contributed by atoms with van der Waals surface area (Å²) in [6.45, 7) is 0.187. The van der Waals surface area contributed by atoms with Crippen LogP contribution in [0.4, 0.5) is 13.2 Å². The molecule has 2 N–H and O–H groups in total. The number of nitrogens with one attached hydrogen (secondary N) is 1. The molecule has 0 bridgehead atoms. The largest absolute Gasteiger partial charge is 0.433 e. The number of rotatable bonds is 5. The summed E-state index contributed by atoms with van der Waals surface area (Å²) in [5.74, 6) is -0.537. The molecule has 2 aromatic heterocycles. The Balaban J connectivity index is 1.86. The van der Waals surface area contributed by atoms with E-state index in [9.17, 15) is 23.1 Å². The minimum Gasteiger partial charge on any atom is -0.387 e. The minimum atomic E-state index is -4.53. The third-order valence-electron chi connectivity index (χ3n) is 3.34. The second-order valence-electron chi connectivity index (χ2n) is 5.03. The molecule has 0 fully saturated rings. The van der Waals surface area contributed by atoms with E-state index in [4.69, 9.17) is 0 Å². The van der Waals surface area contributed by atoms with E-state index in [-0.39, 0.29) is 18.5 Å². The van der Waals surface area contributed by atoms with Gasteiger partial charge < -0.3 is 15.0 Å². The van der Waals surface area contributed by atoms with Crippen LogP contribution in [0.5, 0.6) is 0 Å². The first-order valence-corrected chi connectivity index (χ1v) is 6.90. The lowest BCUT2D eigenvalue weighted by atomic mass is 10.2. The molecule has 0 aliphatic heterocycles. The van der Waals surface area contributed by atoms with Crippen LogP contribution in [0.1, 0.15) is 34.3 Å². The fourth-order valence-electron chi connectivity index (χ4n) is 2.09. The summed E-state index contributed by atoms with van der Waals surface area (Å²) in [7, 11) is 1.80. The van der Waals surface area contributed by atoms with Gasteiger partial charge in [0.25, 0.3) is 5.91 Å². The topological polar surface area (TPSA) is 67.2 Å². The highest BCUT2D eigenvalue weighted by Crippen LogP contribution is 2.27. The summed E-state index contributed by atoms with van der Waals surface area (Å²) in [5.41, 5.74) is -0.296. The Hall–Kier alpha value is -2.35. The number of nitrogens with zero attached hydrogens (tertiary/aromatic N) is 2. The Morgan fingerprint density at radius 1 is 1.39 bits per heavy atom. The van der Waals surface area contributed by atoms with Crippen LogP contribution in [0.3, 0.4) is 0 Å². The Labute approximate surface area is 130 Å². The predicted molar refractivity (Wildman–Crippen MR) is 76.6 cm³/mol. The second-order valence-corrected chi connectivity index (χ2v) is 5.03. The van der Waals surface area contributed by atoms with E-state index in [0.29, 0.717) is 0 Å². The number of carbonyl (C=O) groups excluding carboxylic acids is 1. The first kappa shape index (κ1) is 17.0. The lowest BCUT2D eigenvalue weighted by molar-refractivity contribution is -0.141. The zero-order chi connectivity index (χ0) is 17.0. The predicted octanol–water partition coefficient (Wildman–Crippen LogP) is 2.29. The normalized spacial score (nSPS) is 12.9. The van der Waals surface area contributed by atoms with Gasteiger partial charge in [-0.15, -0.1) is 0 Å². The highest BCUT2D eigenvalue weighted by atomic mass is 19.4. The molecule has 0 spiro atoms. The van der Waals surface area contributed by atoms with Crippen molar-refractivity contribution in [1.29, 1.82) is 0 Å². The standard InChI is InChI=1S/C15H16F3N3O2/c1-21-8-2-3-11(21)12(22)6-7-19-14(23)10-4-5-13(20-9-10)15(16,17)18/h2-5,8-9,12,22H,6-7H2,1H3,(H,19,23). The highest BCUT2D eigenvalue weighted by Gasteiger charge is 2.32. The van der Waals surface area contributed by atoms with Gasteiger partial charge in [-0.05, 0) is 30.7 Å². The third-order valence-corrected chi connectivity index (χ3v) is 3.34. The molecule has 2 aromatic rings. The Kier molecular flexibility index (Phi) is 5.05. The molecular weight excluding hydrogens is 311 g/mol. The summed E-state index contributed by atoms with van der Waals surface area (Å²) in [4.78, 5) is 15.0. The van der Waals surface area contributed by atoms with Crippen LogP contribution in [-0.4, -0.2) is 27.1 Å². The smallest absolute Gasteiger partial charge is 0.387 e. The van der Waals surface area contributed by atoms with E-state index in [2.05, 4.69) is 10.3 Å². The lowest BCUT2D eigenvalue weighted by Crippen LogP contribution is -2.26. The third kappa shape index (κ3) is 4.32. The van der Waals surface area contributed by atoms with Crippen LogP contribution in [0, 0.1) is 0 Å². The number of hydrogen-bond acceptors (Lipinski definition) is 3. The van der Waals surface area contributed by atoms with Crippen LogP contribution in [0.15, 0.2) is 36.7 Å². The second kappa shape index (κ2) is 6.82. The number of pyridine rings is 1. The van der Waals surface area contributed by atoms with Gasteiger partial charge in [-0.2, -0.15) is 13.2 Å². The quantitative estimate of drug-likeness (QED) is 0.885. The molecule has 2 heterocycles. The van der Waals surface area contributed by atoms with E-state index >= 15 is 0 Å². The van der Waals surface area contributed by atoms with Crippen molar-refractivity contribution in [3.63, 3.8) is 0 Å². The Bertz CT molecular complexity index is 665. The Morgan fingerprint density at radius 2 is 2.13 bits per heavy atom. The molecule has 0 aliphatic rings. The molecule has 1 unspecified atom stereocenters. The average Bonchev–Trinajstić information content (AvgIpc) is 2.92. The summed E-state index contributed by atoms with van der Waals surface area (Å²) < 4.78 is 38.9. The van der Waals surface area contributed by atoms with Crippen molar-refractivity contribution in [2.24, 2.45) is 7.05 Å². The van der Waals surface area contributed by atoms with Gasteiger partial charge in [0, 0.05) is 31.7 Å². The van der Waals surface area contributed by atoms with Gasteiger partial charge in [0.15, 0.2) is 0 Å². The molecular formula is C15H16F3N3O2. The number of aliphatic hydroxyl groups is 1. The van der Waals surface area contributed by atoms with Gasteiger partial charge >= 0.3 is 6.18 Å². The van der Waals surface area contributed by atoms with Gasteiger partial charge in [0.1, 0.15) is 5.69 Å². The van der Waals surface area contributed by atoms with E-state index in [1.165, 1.54) is 0 Å². The summed E-state index contributed by atoms with van der Waals surface area (Å²) in [6.07, 6.45) is -2.30. The van der Waals surface area contributed by atoms with Crippen molar-refractivity contribution in [3.05, 3.63) is 53.6 Å². The summed E-state index contributed by atoms with van der Waals surface area (Å²) >= 11 is 0. The average molecular weight is 327 g/mol. The molecule has 23 heavy (non-hydrogen) atoms. The van der Waals surface area contributed by atoms with Crippen molar-refractivity contribution in [3.8, 4) is 0 Å². The number of aromatic nitrogens is 2. The molecule has 1 atom stereocenters. The summed E-state index contributed by atoms with van der Waals surface area (Å²) in [6, 6.07) is 5.39. The number of alkyl halides is 3. The summed E-state index contributed by atoms with van der Waals surface area (Å²) in [5, 5.41) is 12.5. The number of hydrogen-bond donors (Lipinski definition) is 2. The van der Waals surface area contributed by atoms with Crippen LogP contribution in [-0.2, 0) is 13.2 Å². The maximum absolute atomic E-state index is 12.4. The maximum atomic E-state index is 12.4. The highest BCUT2D eigenvalue weighted by molar-refractivity contribution is 5.93.